The molecule has 0 saturated heterocycles. The zero-order chi connectivity index (χ0) is 20.1. The fourth-order valence-corrected chi connectivity index (χ4v) is 3.07. The van der Waals surface area contributed by atoms with Crippen molar-refractivity contribution in [2.75, 3.05) is 0 Å². The Morgan fingerprint density at radius 1 is 0.857 bits per heavy atom. The normalized spacial score (nSPS) is 11.6. The zero-order valence-electron chi connectivity index (χ0n) is 14.4. The maximum Gasteiger partial charge on any atom is 0.281 e. The molecule has 0 heterocycles. The molecule has 0 radical (unpaired) electrons. The lowest BCUT2D eigenvalue weighted by Crippen LogP contribution is -2.43. The molecule has 0 aliphatic rings. The highest BCUT2D eigenvalue weighted by Crippen LogP contribution is 2.31. The number of aliphatic hydroxyl groups is 1. The molecule has 3 rings (SSSR count). The average molecular weight is 434 g/mol. The number of nitrogens with zero attached hydrogens (tertiary/aromatic N) is 1. The van der Waals surface area contributed by atoms with Crippen molar-refractivity contribution >= 4 is 46.9 Å². The molecule has 0 aliphatic carbocycles. The Morgan fingerprint density at radius 2 is 1.36 bits per heavy atom. The second-order valence-electron chi connectivity index (χ2n) is 5.94. The van der Waals surface area contributed by atoms with E-state index < -0.39 is 11.5 Å². The molecule has 0 fully saturated rings. The number of carbonyl (C=O) groups is 1. The monoisotopic (exact) mass is 432 g/mol. The van der Waals surface area contributed by atoms with E-state index in [4.69, 9.17) is 34.8 Å². The van der Waals surface area contributed by atoms with Crippen molar-refractivity contribution in [3.63, 3.8) is 0 Å². The highest BCUT2D eigenvalue weighted by molar-refractivity contribution is 6.33. The Morgan fingerprint density at radius 3 is 1.86 bits per heavy atom. The first-order chi connectivity index (χ1) is 13.4. The van der Waals surface area contributed by atoms with Crippen LogP contribution in [0, 0.1) is 0 Å². The third-order valence-corrected chi connectivity index (χ3v) is 4.98. The first-order valence-corrected chi connectivity index (χ1v) is 9.37. The molecule has 7 heteroatoms. The van der Waals surface area contributed by atoms with Crippen molar-refractivity contribution in [3.8, 4) is 0 Å². The SMILES string of the molecule is O=C(N/N=C/c1ccccc1Cl)C(O)(c1ccc(Cl)cc1)c1ccc(Cl)cc1. The van der Waals surface area contributed by atoms with E-state index in [1.807, 2.05) is 0 Å². The van der Waals surface area contributed by atoms with Gasteiger partial charge in [-0.1, -0.05) is 77.3 Å². The van der Waals surface area contributed by atoms with Gasteiger partial charge in [-0.3, -0.25) is 4.79 Å². The Balaban J connectivity index is 1.94. The van der Waals surface area contributed by atoms with Crippen LogP contribution in [-0.2, 0) is 10.4 Å². The quantitative estimate of drug-likeness (QED) is 0.438. The van der Waals surface area contributed by atoms with E-state index in [1.165, 1.54) is 6.21 Å². The van der Waals surface area contributed by atoms with E-state index in [-0.39, 0.29) is 0 Å². The van der Waals surface area contributed by atoms with Crippen molar-refractivity contribution in [2.45, 2.75) is 5.60 Å². The summed E-state index contributed by atoms with van der Waals surface area (Å²) in [5.74, 6) is -0.736. The predicted molar refractivity (Wildman–Crippen MR) is 113 cm³/mol. The fourth-order valence-electron chi connectivity index (χ4n) is 2.63. The minimum Gasteiger partial charge on any atom is -0.372 e. The van der Waals surface area contributed by atoms with Gasteiger partial charge in [0.1, 0.15) is 0 Å². The van der Waals surface area contributed by atoms with E-state index >= 15 is 0 Å². The number of benzene rings is 3. The van der Waals surface area contributed by atoms with Crippen molar-refractivity contribution in [2.24, 2.45) is 5.10 Å². The summed E-state index contributed by atoms with van der Waals surface area (Å²) in [5, 5.41) is 16.8. The van der Waals surface area contributed by atoms with Crippen LogP contribution in [0.1, 0.15) is 16.7 Å². The summed E-state index contributed by atoms with van der Waals surface area (Å²) in [7, 11) is 0. The van der Waals surface area contributed by atoms with Crippen LogP contribution >= 0.6 is 34.8 Å². The van der Waals surface area contributed by atoms with Crippen molar-refractivity contribution in [1.82, 2.24) is 5.43 Å². The number of halogens is 3. The Kier molecular flexibility index (Phi) is 6.37. The predicted octanol–water partition coefficient (Wildman–Crippen LogP) is 5.03. The zero-order valence-corrected chi connectivity index (χ0v) is 16.7. The van der Waals surface area contributed by atoms with E-state index in [0.29, 0.717) is 31.8 Å². The summed E-state index contributed by atoms with van der Waals surface area (Å²) < 4.78 is 0. The minimum atomic E-state index is -1.99. The molecule has 0 unspecified atom stereocenters. The van der Waals surface area contributed by atoms with Gasteiger partial charge >= 0.3 is 0 Å². The Bertz CT molecular complexity index is 957. The van der Waals surface area contributed by atoms with Crippen LogP contribution in [0.5, 0.6) is 0 Å². The van der Waals surface area contributed by atoms with E-state index in [1.54, 1.807) is 72.8 Å². The largest absolute Gasteiger partial charge is 0.372 e. The van der Waals surface area contributed by atoms with Gasteiger partial charge in [0.2, 0.25) is 0 Å². The van der Waals surface area contributed by atoms with Gasteiger partial charge < -0.3 is 5.11 Å². The molecule has 4 nitrogen and oxygen atoms in total. The number of hydrogen-bond acceptors (Lipinski definition) is 3. The fraction of sp³-hybridized carbons (Fsp3) is 0.0476. The van der Waals surface area contributed by atoms with Gasteiger partial charge in [-0.05, 0) is 41.5 Å². The summed E-state index contributed by atoms with van der Waals surface area (Å²) in [5.41, 5.74) is 1.69. The molecule has 1 amide bonds. The van der Waals surface area contributed by atoms with Crippen LogP contribution in [0.15, 0.2) is 77.9 Å². The van der Waals surface area contributed by atoms with E-state index in [9.17, 15) is 9.90 Å². The summed E-state index contributed by atoms with van der Waals surface area (Å²) in [6.45, 7) is 0. The third kappa shape index (κ3) is 4.37. The third-order valence-electron chi connectivity index (χ3n) is 4.13. The van der Waals surface area contributed by atoms with Gasteiger partial charge in [-0.15, -0.1) is 0 Å². The van der Waals surface area contributed by atoms with Gasteiger partial charge in [0, 0.05) is 20.6 Å². The first-order valence-electron chi connectivity index (χ1n) is 8.24. The Labute approximate surface area is 177 Å². The van der Waals surface area contributed by atoms with Gasteiger partial charge in [0.05, 0.1) is 6.21 Å². The number of nitrogens with one attached hydrogen (secondary N) is 1. The molecular formula is C21H15Cl3N2O2. The average Bonchev–Trinajstić information content (AvgIpc) is 2.70. The summed E-state index contributed by atoms with van der Waals surface area (Å²) in [6.07, 6.45) is 1.41. The smallest absolute Gasteiger partial charge is 0.281 e. The number of rotatable bonds is 5. The number of hydrazone groups is 1. The van der Waals surface area contributed by atoms with Gasteiger partial charge in [-0.2, -0.15) is 5.10 Å². The van der Waals surface area contributed by atoms with Crippen LogP contribution in [-0.4, -0.2) is 17.2 Å². The number of hydrogen-bond donors (Lipinski definition) is 2. The van der Waals surface area contributed by atoms with Gasteiger partial charge in [0.15, 0.2) is 5.60 Å². The highest BCUT2D eigenvalue weighted by atomic mass is 35.5. The van der Waals surface area contributed by atoms with E-state index in [2.05, 4.69) is 10.5 Å². The lowest BCUT2D eigenvalue weighted by Gasteiger charge is -2.27. The first kappa shape index (κ1) is 20.4. The van der Waals surface area contributed by atoms with Crippen molar-refractivity contribution in [1.29, 1.82) is 0 Å². The van der Waals surface area contributed by atoms with Crippen LogP contribution in [0.3, 0.4) is 0 Å². The summed E-state index contributed by atoms with van der Waals surface area (Å²) in [6, 6.07) is 19.7. The summed E-state index contributed by atoms with van der Waals surface area (Å²) >= 11 is 17.9. The Hall–Kier alpha value is -2.37. The van der Waals surface area contributed by atoms with Crippen molar-refractivity contribution < 1.29 is 9.90 Å². The maximum absolute atomic E-state index is 12.9. The standard InChI is InChI=1S/C21H15Cl3N2O2/c22-17-9-5-15(6-10-17)21(28,16-7-11-18(23)12-8-16)20(27)26-25-13-14-3-1-2-4-19(14)24/h1-13,28H,(H,26,27)/b25-13+. The van der Waals surface area contributed by atoms with Crippen LogP contribution in [0.25, 0.3) is 0 Å². The van der Waals surface area contributed by atoms with Crippen LogP contribution < -0.4 is 5.43 Å². The van der Waals surface area contributed by atoms with Crippen molar-refractivity contribution in [3.05, 3.63) is 105 Å². The number of carbonyl (C=O) groups excluding carboxylic acids is 1. The second-order valence-corrected chi connectivity index (χ2v) is 7.22. The molecule has 0 atom stereocenters. The minimum absolute atomic E-state index is 0.338. The molecule has 0 spiro atoms. The molecule has 0 saturated carbocycles. The molecule has 0 aromatic heterocycles. The van der Waals surface area contributed by atoms with Gasteiger partial charge in [0.25, 0.3) is 5.91 Å². The lowest BCUT2D eigenvalue weighted by molar-refractivity contribution is -0.136. The molecule has 3 aromatic rings. The maximum atomic E-state index is 12.9. The molecular weight excluding hydrogens is 419 g/mol. The summed E-state index contributed by atoms with van der Waals surface area (Å²) in [4.78, 5) is 12.9. The van der Waals surface area contributed by atoms with Crippen LogP contribution in [0.4, 0.5) is 0 Å². The molecule has 28 heavy (non-hydrogen) atoms. The second kappa shape index (κ2) is 8.76. The van der Waals surface area contributed by atoms with Crippen LogP contribution in [0.2, 0.25) is 15.1 Å². The molecule has 0 bridgehead atoms. The molecule has 0 aliphatic heterocycles. The highest BCUT2D eigenvalue weighted by Gasteiger charge is 2.40. The molecule has 3 aromatic carbocycles. The lowest BCUT2D eigenvalue weighted by atomic mass is 9.85. The molecule has 2 N–H and O–H groups in total. The molecule has 142 valence electrons. The number of amides is 1. The van der Waals surface area contributed by atoms with Gasteiger partial charge in [-0.25, -0.2) is 5.43 Å². The topological polar surface area (TPSA) is 61.7 Å². The van der Waals surface area contributed by atoms with E-state index in [0.717, 1.165) is 0 Å².